The molecule has 32 heavy (non-hydrogen) atoms. The van der Waals surface area contributed by atoms with E-state index < -0.39 is 0 Å². The predicted octanol–water partition coefficient (Wildman–Crippen LogP) is 4.70. The molecule has 4 heteroatoms. The molecular formula is C28H35NO3. The summed E-state index contributed by atoms with van der Waals surface area (Å²) in [7, 11) is 0. The number of aliphatic hydroxyl groups excluding tert-OH is 1. The topological polar surface area (TPSA) is 52.7 Å². The van der Waals surface area contributed by atoms with Crippen molar-refractivity contribution in [3.8, 4) is 11.5 Å². The molecule has 1 heterocycles. The van der Waals surface area contributed by atoms with E-state index in [1.807, 2.05) is 12.1 Å². The maximum atomic E-state index is 11.0. The van der Waals surface area contributed by atoms with Gasteiger partial charge in [0, 0.05) is 19.6 Å². The molecule has 4 aliphatic rings. The summed E-state index contributed by atoms with van der Waals surface area (Å²) in [6, 6.07) is 14.8. The monoisotopic (exact) mass is 433 g/mol. The van der Waals surface area contributed by atoms with Crippen molar-refractivity contribution < 1.29 is 14.9 Å². The molecule has 0 radical (unpaired) electrons. The summed E-state index contributed by atoms with van der Waals surface area (Å²) in [5.41, 5.74) is 4.09. The number of aromatic hydroxyl groups is 1. The van der Waals surface area contributed by atoms with E-state index in [9.17, 15) is 10.2 Å². The third-order valence-corrected chi connectivity index (χ3v) is 9.19. The molecule has 2 aromatic carbocycles. The Morgan fingerprint density at radius 3 is 2.66 bits per heavy atom. The lowest BCUT2D eigenvalue weighted by molar-refractivity contribution is -0.0323. The van der Waals surface area contributed by atoms with E-state index in [0.29, 0.717) is 29.4 Å². The highest BCUT2D eigenvalue weighted by atomic mass is 16.5. The van der Waals surface area contributed by atoms with Crippen LogP contribution in [0.25, 0.3) is 0 Å². The fourth-order valence-corrected chi connectivity index (χ4v) is 7.39. The van der Waals surface area contributed by atoms with Crippen LogP contribution < -0.4 is 4.74 Å². The Bertz CT molecular complexity index is 985. The Morgan fingerprint density at radius 1 is 1.06 bits per heavy atom. The molecule has 6 rings (SSSR count). The number of aryl methyl sites for hydroxylation is 1. The number of nitrogens with zero attached hydrogens (tertiary/aromatic N) is 1. The second kappa shape index (κ2) is 7.78. The van der Waals surface area contributed by atoms with Gasteiger partial charge in [-0.25, -0.2) is 0 Å². The van der Waals surface area contributed by atoms with E-state index in [-0.39, 0.29) is 11.5 Å². The largest absolute Gasteiger partial charge is 0.508 e. The first-order valence-electron chi connectivity index (χ1n) is 12.5. The van der Waals surface area contributed by atoms with E-state index in [4.69, 9.17) is 4.74 Å². The molecule has 2 saturated carbocycles. The van der Waals surface area contributed by atoms with Gasteiger partial charge in [0.05, 0.1) is 6.10 Å². The Labute approximate surface area is 191 Å². The van der Waals surface area contributed by atoms with E-state index in [1.54, 1.807) is 0 Å². The zero-order chi connectivity index (χ0) is 21.9. The predicted molar refractivity (Wildman–Crippen MR) is 125 cm³/mol. The average molecular weight is 434 g/mol. The lowest BCUT2D eigenvalue weighted by atomic mass is 9.51. The van der Waals surface area contributed by atoms with Crippen LogP contribution in [0.4, 0.5) is 0 Å². The van der Waals surface area contributed by atoms with Crippen molar-refractivity contribution in [2.24, 2.45) is 17.3 Å². The van der Waals surface area contributed by atoms with E-state index in [1.165, 1.54) is 29.8 Å². The minimum atomic E-state index is -0.197. The van der Waals surface area contributed by atoms with Gasteiger partial charge in [0.25, 0.3) is 0 Å². The van der Waals surface area contributed by atoms with Gasteiger partial charge in [-0.15, -0.1) is 0 Å². The molecule has 4 nitrogen and oxygen atoms in total. The van der Waals surface area contributed by atoms with Gasteiger partial charge in [-0.1, -0.05) is 25.1 Å². The Balaban J connectivity index is 1.33. The maximum absolute atomic E-state index is 11.0. The van der Waals surface area contributed by atoms with Gasteiger partial charge in [-0.05, 0) is 102 Å². The highest BCUT2D eigenvalue weighted by molar-refractivity contribution is 5.43. The zero-order valence-corrected chi connectivity index (χ0v) is 19.0. The molecule has 0 spiro atoms. The number of aliphatic hydroxyl groups is 1. The van der Waals surface area contributed by atoms with Crippen LogP contribution in [0.1, 0.15) is 61.1 Å². The summed E-state index contributed by atoms with van der Waals surface area (Å²) in [6.07, 6.45) is 5.09. The number of phenols is 1. The van der Waals surface area contributed by atoms with Gasteiger partial charge in [-0.3, -0.25) is 4.90 Å². The van der Waals surface area contributed by atoms with Gasteiger partial charge in [-0.2, -0.15) is 0 Å². The summed E-state index contributed by atoms with van der Waals surface area (Å²) < 4.78 is 5.97. The minimum Gasteiger partial charge on any atom is -0.508 e. The first kappa shape index (κ1) is 20.6. The van der Waals surface area contributed by atoms with Crippen molar-refractivity contribution in [3.63, 3.8) is 0 Å². The van der Waals surface area contributed by atoms with Crippen LogP contribution in [-0.2, 0) is 6.42 Å². The van der Waals surface area contributed by atoms with Gasteiger partial charge in [0.15, 0.2) is 0 Å². The molecule has 1 aliphatic heterocycles. The molecule has 3 aliphatic carbocycles. The van der Waals surface area contributed by atoms with Crippen molar-refractivity contribution in [3.05, 3.63) is 59.2 Å². The summed E-state index contributed by atoms with van der Waals surface area (Å²) in [4.78, 5) is 2.37. The van der Waals surface area contributed by atoms with Gasteiger partial charge in [0.1, 0.15) is 18.1 Å². The van der Waals surface area contributed by atoms with Crippen LogP contribution in [-0.4, -0.2) is 47.5 Å². The van der Waals surface area contributed by atoms with Crippen LogP contribution in [0, 0.1) is 17.3 Å². The fraction of sp³-hybridized carbons (Fsp3) is 0.571. The fourth-order valence-electron chi connectivity index (χ4n) is 7.39. The number of phenolic OH excluding ortho intramolecular Hbond substituents is 1. The Morgan fingerprint density at radius 2 is 1.88 bits per heavy atom. The molecule has 0 amide bonds. The molecule has 1 saturated heterocycles. The van der Waals surface area contributed by atoms with Gasteiger partial charge >= 0.3 is 0 Å². The van der Waals surface area contributed by atoms with Crippen LogP contribution in [0.3, 0.4) is 0 Å². The first-order chi connectivity index (χ1) is 15.5. The number of hydrogen-bond acceptors (Lipinski definition) is 4. The van der Waals surface area contributed by atoms with Gasteiger partial charge < -0.3 is 14.9 Å². The maximum Gasteiger partial charge on any atom is 0.119 e. The molecule has 2 aromatic rings. The lowest BCUT2D eigenvalue weighted by Gasteiger charge is -2.54. The molecule has 0 aromatic heterocycles. The molecule has 0 bridgehead atoms. The summed E-state index contributed by atoms with van der Waals surface area (Å²) in [5.74, 6) is 3.33. The number of benzene rings is 2. The van der Waals surface area contributed by atoms with Crippen molar-refractivity contribution in [2.45, 2.75) is 57.0 Å². The number of fused-ring (bicyclic) bond motifs is 5. The standard InChI is InChI=1S/C28H35NO3/c1-28-17-24(18-2-6-21(7-3-18)32-15-14-29-12-13-29)27-22-9-5-20(30)16-19(22)4-8-23(27)25(28)10-11-26(28)31/h2-3,5-7,9,16,23-27,30-31H,4,8,10-15,17H2,1H3/t23-,24+,25-,26-,27+,28-/m0/s1. The minimum absolute atomic E-state index is 0.00582. The summed E-state index contributed by atoms with van der Waals surface area (Å²) >= 11 is 0. The van der Waals surface area contributed by atoms with E-state index in [2.05, 4.69) is 42.2 Å². The highest BCUT2D eigenvalue weighted by Crippen LogP contribution is 2.65. The lowest BCUT2D eigenvalue weighted by Crippen LogP contribution is -2.47. The van der Waals surface area contributed by atoms with E-state index >= 15 is 0 Å². The molecular weight excluding hydrogens is 398 g/mol. The van der Waals surface area contributed by atoms with Crippen molar-refractivity contribution in [1.82, 2.24) is 4.90 Å². The van der Waals surface area contributed by atoms with Crippen LogP contribution in [0.2, 0.25) is 0 Å². The van der Waals surface area contributed by atoms with Crippen molar-refractivity contribution in [1.29, 1.82) is 0 Å². The molecule has 3 fully saturated rings. The summed E-state index contributed by atoms with van der Waals surface area (Å²) in [6.45, 7) is 6.51. The Kier molecular flexibility index (Phi) is 5.00. The summed E-state index contributed by atoms with van der Waals surface area (Å²) in [5, 5.41) is 21.1. The smallest absolute Gasteiger partial charge is 0.119 e. The van der Waals surface area contributed by atoms with Crippen LogP contribution in [0.5, 0.6) is 11.5 Å². The van der Waals surface area contributed by atoms with Crippen LogP contribution in [0.15, 0.2) is 42.5 Å². The quantitative estimate of drug-likeness (QED) is 0.672. The van der Waals surface area contributed by atoms with Crippen molar-refractivity contribution in [2.75, 3.05) is 26.2 Å². The molecule has 170 valence electrons. The first-order valence-corrected chi connectivity index (χ1v) is 12.5. The normalized spacial score (nSPS) is 35.6. The van der Waals surface area contributed by atoms with Crippen molar-refractivity contribution >= 4 is 0 Å². The second-order valence-electron chi connectivity index (χ2n) is 10.9. The molecule has 0 unspecified atom stereocenters. The number of rotatable bonds is 5. The SMILES string of the molecule is C[C@]12C[C@H](c3ccc(OCCN4CC4)cc3)[C@@H]3c4ccc(O)cc4CC[C@H]3[C@@H]1CC[C@@H]2O. The molecule has 2 N–H and O–H groups in total. The van der Waals surface area contributed by atoms with Crippen LogP contribution >= 0.6 is 0 Å². The second-order valence-corrected chi connectivity index (χ2v) is 10.9. The van der Waals surface area contributed by atoms with Gasteiger partial charge in [0.2, 0.25) is 0 Å². The average Bonchev–Trinajstić information content (AvgIpc) is 3.57. The molecule has 6 atom stereocenters. The van der Waals surface area contributed by atoms with E-state index in [0.717, 1.165) is 51.0 Å². The number of hydrogen-bond donors (Lipinski definition) is 2. The highest BCUT2D eigenvalue weighted by Gasteiger charge is 2.57. The third kappa shape index (κ3) is 3.43. The number of ether oxygens (including phenoxy) is 1. The third-order valence-electron chi connectivity index (χ3n) is 9.19. The zero-order valence-electron chi connectivity index (χ0n) is 19.0. The Hall–Kier alpha value is -2.04.